The Balaban J connectivity index is 2.01. The summed E-state index contributed by atoms with van der Waals surface area (Å²) in [6.07, 6.45) is 4.45. The van der Waals surface area contributed by atoms with Crippen molar-refractivity contribution in [2.24, 2.45) is 5.73 Å². The number of halogens is 1. The molecule has 0 bridgehead atoms. The SMILES string of the molecule is NC(=S)c1cc2c(nc1Nc1cccc(Cl)c1)CCCC2. The molecule has 2 aromatic rings. The quantitative estimate of drug-likeness (QED) is 0.840. The van der Waals surface area contributed by atoms with Gasteiger partial charge in [0.1, 0.15) is 10.8 Å². The van der Waals surface area contributed by atoms with Gasteiger partial charge in [0.05, 0.1) is 5.56 Å². The highest BCUT2D eigenvalue weighted by atomic mass is 35.5. The van der Waals surface area contributed by atoms with E-state index in [2.05, 4.69) is 11.4 Å². The zero-order chi connectivity index (χ0) is 14.8. The summed E-state index contributed by atoms with van der Waals surface area (Å²) in [5.41, 5.74) is 9.94. The maximum atomic E-state index is 6.02. The maximum absolute atomic E-state index is 6.02. The summed E-state index contributed by atoms with van der Waals surface area (Å²) in [7, 11) is 0. The smallest absolute Gasteiger partial charge is 0.140 e. The molecule has 1 aromatic carbocycles. The molecule has 3 rings (SSSR count). The number of fused-ring (bicyclic) bond motifs is 1. The third-order valence-corrected chi connectivity index (χ3v) is 4.11. The highest BCUT2D eigenvalue weighted by molar-refractivity contribution is 7.80. The first kappa shape index (κ1) is 14.3. The molecule has 0 radical (unpaired) electrons. The Morgan fingerprint density at radius 1 is 1.24 bits per heavy atom. The van der Waals surface area contributed by atoms with E-state index in [9.17, 15) is 0 Å². The summed E-state index contributed by atoms with van der Waals surface area (Å²) in [4.78, 5) is 5.10. The minimum atomic E-state index is 0.361. The van der Waals surface area contributed by atoms with Crippen LogP contribution in [0.15, 0.2) is 30.3 Å². The number of aromatic nitrogens is 1. The van der Waals surface area contributed by atoms with Crippen LogP contribution in [-0.4, -0.2) is 9.97 Å². The molecular formula is C16H16ClN3S. The van der Waals surface area contributed by atoms with Gasteiger partial charge in [-0.2, -0.15) is 0 Å². The maximum Gasteiger partial charge on any atom is 0.140 e. The van der Waals surface area contributed by atoms with Gasteiger partial charge in [-0.3, -0.25) is 0 Å². The number of nitrogens with one attached hydrogen (secondary N) is 1. The van der Waals surface area contributed by atoms with Crippen LogP contribution in [0.5, 0.6) is 0 Å². The zero-order valence-electron chi connectivity index (χ0n) is 11.5. The number of aryl methyl sites for hydroxylation is 2. The lowest BCUT2D eigenvalue weighted by molar-refractivity contribution is 0.668. The van der Waals surface area contributed by atoms with Crippen LogP contribution in [0.3, 0.4) is 0 Å². The van der Waals surface area contributed by atoms with Crippen LogP contribution in [0.4, 0.5) is 11.5 Å². The fourth-order valence-electron chi connectivity index (χ4n) is 2.62. The van der Waals surface area contributed by atoms with E-state index in [-0.39, 0.29) is 0 Å². The Labute approximate surface area is 134 Å². The van der Waals surface area contributed by atoms with E-state index in [4.69, 9.17) is 34.5 Å². The molecule has 0 spiro atoms. The van der Waals surface area contributed by atoms with Crippen molar-refractivity contribution in [2.75, 3.05) is 5.32 Å². The highest BCUT2D eigenvalue weighted by Gasteiger charge is 2.16. The van der Waals surface area contributed by atoms with Crippen LogP contribution in [0.1, 0.15) is 29.7 Å². The van der Waals surface area contributed by atoms with Crippen LogP contribution in [0, 0.1) is 0 Å². The molecule has 0 atom stereocenters. The van der Waals surface area contributed by atoms with Gasteiger partial charge in [0.2, 0.25) is 0 Å². The second-order valence-corrected chi connectivity index (χ2v) is 6.07. The van der Waals surface area contributed by atoms with Gasteiger partial charge in [0.25, 0.3) is 0 Å². The molecule has 108 valence electrons. The standard InChI is InChI=1S/C16H16ClN3S/c17-11-5-3-6-12(9-11)19-16-13(15(18)21)8-10-4-1-2-7-14(10)20-16/h3,5-6,8-9H,1-2,4,7H2,(H2,18,21)(H,19,20). The fourth-order valence-corrected chi connectivity index (χ4v) is 2.97. The van der Waals surface area contributed by atoms with E-state index >= 15 is 0 Å². The summed E-state index contributed by atoms with van der Waals surface area (Å²) in [5, 5.41) is 3.96. The van der Waals surface area contributed by atoms with Crippen molar-refractivity contribution < 1.29 is 0 Å². The Kier molecular flexibility index (Phi) is 4.08. The summed E-state index contributed by atoms with van der Waals surface area (Å²) in [6.45, 7) is 0. The number of pyridine rings is 1. The van der Waals surface area contributed by atoms with E-state index in [1.54, 1.807) is 0 Å². The van der Waals surface area contributed by atoms with Crippen molar-refractivity contribution in [1.82, 2.24) is 4.98 Å². The first-order valence-electron chi connectivity index (χ1n) is 6.98. The monoisotopic (exact) mass is 317 g/mol. The highest BCUT2D eigenvalue weighted by Crippen LogP contribution is 2.27. The molecule has 0 fully saturated rings. The Morgan fingerprint density at radius 2 is 2.05 bits per heavy atom. The van der Waals surface area contributed by atoms with Crippen LogP contribution in [0.25, 0.3) is 0 Å². The van der Waals surface area contributed by atoms with Gasteiger partial charge < -0.3 is 11.1 Å². The molecule has 1 aliphatic carbocycles. The molecular weight excluding hydrogens is 302 g/mol. The van der Waals surface area contributed by atoms with Crippen molar-refractivity contribution in [3.05, 3.63) is 52.2 Å². The van der Waals surface area contributed by atoms with Crippen molar-refractivity contribution in [3.8, 4) is 0 Å². The van der Waals surface area contributed by atoms with Crippen LogP contribution < -0.4 is 11.1 Å². The zero-order valence-corrected chi connectivity index (χ0v) is 13.1. The normalized spacial score (nSPS) is 13.6. The van der Waals surface area contributed by atoms with Gasteiger partial charge in [0.15, 0.2) is 0 Å². The Bertz CT molecular complexity index is 700. The number of anilines is 2. The molecule has 0 aliphatic heterocycles. The minimum absolute atomic E-state index is 0.361. The Morgan fingerprint density at radius 3 is 2.81 bits per heavy atom. The van der Waals surface area contributed by atoms with Gasteiger partial charge in [-0.1, -0.05) is 29.9 Å². The summed E-state index contributed by atoms with van der Waals surface area (Å²) in [5.74, 6) is 0.713. The molecule has 1 aliphatic rings. The van der Waals surface area contributed by atoms with Crippen molar-refractivity contribution in [1.29, 1.82) is 0 Å². The lowest BCUT2D eigenvalue weighted by atomic mass is 9.94. The van der Waals surface area contributed by atoms with E-state index in [0.717, 1.165) is 29.8 Å². The lowest BCUT2D eigenvalue weighted by Crippen LogP contribution is -2.16. The number of rotatable bonds is 3. The summed E-state index contributed by atoms with van der Waals surface area (Å²) >= 11 is 11.2. The molecule has 0 unspecified atom stereocenters. The fraction of sp³-hybridized carbons (Fsp3) is 0.250. The predicted molar refractivity (Wildman–Crippen MR) is 91.5 cm³/mol. The number of hydrogen-bond donors (Lipinski definition) is 2. The molecule has 3 nitrogen and oxygen atoms in total. The van der Waals surface area contributed by atoms with Gasteiger partial charge in [-0.05, 0) is 55.5 Å². The molecule has 21 heavy (non-hydrogen) atoms. The molecule has 1 heterocycles. The first-order chi connectivity index (χ1) is 10.1. The second kappa shape index (κ2) is 6.00. The van der Waals surface area contributed by atoms with Gasteiger partial charge in [0, 0.05) is 16.4 Å². The lowest BCUT2D eigenvalue weighted by Gasteiger charge is -2.19. The predicted octanol–water partition coefficient (Wildman–Crippen LogP) is 3.99. The third kappa shape index (κ3) is 3.17. The summed E-state index contributed by atoms with van der Waals surface area (Å²) < 4.78 is 0. The number of hydrogen-bond acceptors (Lipinski definition) is 3. The van der Waals surface area contributed by atoms with Crippen molar-refractivity contribution in [3.63, 3.8) is 0 Å². The minimum Gasteiger partial charge on any atom is -0.389 e. The average Bonchev–Trinajstić information content (AvgIpc) is 2.46. The topological polar surface area (TPSA) is 50.9 Å². The van der Waals surface area contributed by atoms with Gasteiger partial charge in [-0.15, -0.1) is 0 Å². The number of nitrogens with two attached hydrogens (primary N) is 1. The largest absolute Gasteiger partial charge is 0.389 e. The Hall–Kier alpha value is -1.65. The average molecular weight is 318 g/mol. The van der Waals surface area contributed by atoms with Crippen molar-refractivity contribution >= 4 is 40.3 Å². The second-order valence-electron chi connectivity index (χ2n) is 5.20. The molecule has 1 aromatic heterocycles. The van der Waals surface area contributed by atoms with Gasteiger partial charge >= 0.3 is 0 Å². The van der Waals surface area contributed by atoms with E-state index in [1.807, 2.05) is 24.3 Å². The molecule has 3 N–H and O–H groups in total. The van der Waals surface area contributed by atoms with Crippen molar-refractivity contribution in [2.45, 2.75) is 25.7 Å². The van der Waals surface area contributed by atoms with Crippen LogP contribution >= 0.6 is 23.8 Å². The van der Waals surface area contributed by atoms with Crippen LogP contribution in [0.2, 0.25) is 5.02 Å². The molecule has 5 heteroatoms. The number of thiocarbonyl (C=S) groups is 1. The van der Waals surface area contributed by atoms with Crippen LogP contribution in [-0.2, 0) is 12.8 Å². The van der Waals surface area contributed by atoms with E-state index in [1.165, 1.54) is 18.4 Å². The van der Waals surface area contributed by atoms with Gasteiger partial charge in [-0.25, -0.2) is 4.98 Å². The molecule has 0 saturated carbocycles. The third-order valence-electron chi connectivity index (χ3n) is 3.65. The molecule has 0 saturated heterocycles. The van der Waals surface area contributed by atoms with E-state index in [0.29, 0.717) is 15.8 Å². The number of nitrogens with zero attached hydrogens (tertiary/aromatic N) is 1. The molecule has 0 amide bonds. The summed E-state index contributed by atoms with van der Waals surface area (Å²) in [6, 6.07) is 9.60. The number of benzene rings is 1. The first-order valence-corrected chi connectivity index (χ1v) is 7.77. The van der Waals surface area contributed by atoms with E-state index < -0.39 is 0 Å².